The fourth-order valence-corrected chi connectivity index (χ4v) is 2.56. The third-order valence-electron chi connectivity index (χ3n) is 3.71. The van der Waals surface area contributed by atoms with Crippen molar-refractivity contribution in [2.75, 3.05) is 6.61 Å². The molecule has 0 aliphatic rings. The molecule has 134 valence electrons. The van der Waals surface area contributed by atoms with Crippen molar-refractivity contribution in [3.05, 3.63) is 58.7 Å². The summed E-state index contributed by atoms with van der Waals surface area (Å²) in [6.07, 6.45) is -0.468. The third kappa shape index (κ3) is 3.82. The van der Waals surface area contributed by atoms with Gasteiger partial charge in [0.25, 0.3) is 0 Å². The van der Waals surface area contributed by atoms with Crippen LogP contribution in [0.3, 0.4) is 0 Å². The Morgan fingerprint density at radius 1 is 1.16 bits per heavy atom. The fraction of sp³-hybridized carbons (Fsp3) is 0.278. The summed E-state index contributed by atoms with van der Waals surface area (Å²) in [7, 11) is 0. The lowest BCUT2D eigenvalue weighted by atomic mass is 9.93. The maximum Gasteiger partial charge on any atom is 0.307 e. The average Bonchev–Trinajstić information content (AvgIpc) is 2.52. The molecular formula is C18H17F4NO2. The van der Waals surface area contributed by atoms with Crippen LogP contribution in [0.5, 0.6) is 0 Å². The number of esters is 1. The molecule has 7 heteroatoms. The Morgan fingerprint density at radius 2 is 1.76 bits per heavy atom. The van der Waals surface area contributed by atoms with Gasteiger partial charge in [-0.25, -0.2) is 17.6 Å². The zero-order valence-corrected chi connectivity index (χ0v) is 13.7. The maximum atomic E-state index is 14.8. The van der Waals surface area contributed by atoms with E-state index in [0.29, 0.717) is 0 Å². The number of carbonyl (C=O) groups excluding carboxylic acids is 1. The van der Waals surface area contributed by atoms with E-state index in [1.807, 2.05) is 0 Å². The topological polar surface area (TPSA) is 52.3 Å². The van der Waals surface area contributed by atoms with Gasteiger partial charge in [0.2, 0.25) is 0 Å². The summed E-state index contributed by atoms with van der Waals surface area (Å²) in [4.78, 5) is 11.5. The molecule has 0 aliphatic carbocycles. The van der Waals surface area contributed by atoms with E-state index in [1.54, 1.807) is 6.92 Å². The van der Waals surface area contributed by atoms with Crippen molar-refractivity contribution in [3.63, 3.8) is 0 Å². The summed E-state index contributed by atoms with van der Waals surface area (Å²) in [6, 6.07) is 2.72. The molecule has 0 aliphatic heterocycles. The zero-order chi connectivity index (χ0) is 18.7. The second-order valence-electron chi connectivity index (χ2n) is 5.49. The molecule has 0 fully saturated rings. The van der Waals surface area contributed by atoms with Gasteiger partial charge in [0.1, 0.15) is 23.3 Å². The second kappa shape index (κ2) is 7.65. The molecular weight excluding hydrogens is 338 g/mol. The summed E-state index contributed by atoms with van der Waals surface area (Å²) in [5.74, 6) is -4.88. The Balaban J connectivity index is 2.59. The summed E-state index contributed by atoms with van der Waals surface area (Å²) in [5, 5.41) is 0. The number of ether oxygens (including phenoxy) is 1. The Morgan fingerprint density at radius 3 is 2.32 bits per heavy atom. The maximum absolute atomic E-state index is 14.8. The second-order valence-corrected chi connectivity index (χ2v) is 5.49. The number of halogens is 4. The van der Waals surface area contributed by atoms with Crippen LogP contribution in [0.25, 0.3) is 11.1 Å². The predicted molar refractivity (Wildman–Crippen MR) is 84.6 cm³/mol. The van der Waals surface area contributed by atoms with E-state index in [2.05, 4.69) is 0 Å². The molecule has 0 radical (unpaired) electrons. The molecule has 0 amide bonds. The standard InChI is InChI=1S/C18H17F4NO2/c1-3-25-14(24)8-13(23)16-17(21)9(2)7-10(18(16)22)15-11(19)5-4-6-12(15)20/h4-7,13H,3,8,23H2,1-2H3/t13-/m0/s1. The van der Waals surface area contributed by atoms with Crippen LogP contribution in [-0.2, 0) is 9.53 Å². The van der Waals surface area contributed by atoms with Crippen LogP contribution in [0.15, 0.2) is 24.3 Å². The van der Waals surface area contributed by atoms with Crippen molar-refractivity contribution in [1.29, 1.82) is 0 Å². The van der Waals surface area contributed by atoms with Crippen molar-refractivity contribution in [2.45, 2.75) is 26.3 Å². The molecule has 0 saturated heterocycles. The number of benzene rings is 2. The van der Waals surface area contributed by atoms with Crippen molar-refractivity contribution in [1.82, 2.24) is 0 Å². The molecule has 0 unspecified atom stereocenters. The lowest BCUT2D eigenvalue weighted by Crippen LogP contribution is -2.20. The lowest BCUT2D eigenvalue weighted by molar-refractivity contribution is -0.143. The van der Waals surface area contributed by atoms with Crippen molar-refractivity contribution in [3.8, 4) is 11.1 Å². The van der Waals surface area contributed by atoms with Crippen molar-refractivity contribution < 1.29 is 27.1 Å². The number of rotatable bonds is 5. The van der Waals surface area contributed by atoms with Gasteiger partial charge in [-0.3, -0.25) is 4.79 Å². The molecule has 0 heterocycles. The van der Waals surface area contributed by atoms with Crippen molar-refractivity contribution in [2.24, 2.45) is 5.73 Å². The van der Waals surface area contributed by atoms with E-state index >= 15 is 0 Å². The molecule has 0 spiro atoms. The number of nitrogens with two attached hydrogens (primary N) is 1. The summed E-state index contributed by atoms with van der Waals surface area (Å²) in [5.41, 5.74) is 4.03. The zero-order valence-electron chi connectivity index (χ0n) is 13.7. The quantitative estimate of drug-likeness (QED) is 0.647. The predicted octanol–water partition coefficient (Wildman–Crippen LogP) is 4.17. The van der Waals surface area contributed by atoms with Crippen LogP contribution in [0.4, 0.5) is 17.6 Å². The number of hydrogen-bond donors (Lipinski definition) is 1. The van der Waals surface area contributed by atoms with E-state index in [-0.39, 0.29) is 12.2 Å². The monoisotopic (exact) mass is 355 g/mol. The number of aryl methyl sites for hydroxylation is 1. The van der Waals surface area contributed by atoms with Gasteiger partial charge in [-0.15, -0.1) is 0 Å². The minimum Gasteiger partial charge on any atom is -0.466 e. The van der Waals surface area contributed by atoms with Gasteiger partial charge in [-0.1, -0.05) is 6.07 Å². The molecule has 25 heavy (non-hydrogen) atoms. The van der Waals surface area contributed by atoms with Gasteiger partial charge in [0, 0.05) is 17.2 Å². The van der Waals surface area contributed by atoms with Gasteiger partial charge in [-0.2, -0.15) is 0 Å². The Kier molecular flexibility index (Phi) is 5.79. The summed E-state index contributed by atoms with van der Waals surface area (Å²) < 4.78 is 61.9. The highest BCUT2D eigenvalue weighted by atomic mass is 19.1. The molecule has 2 N–H and O–H groups in total. The lowest BCUT2D eigenvalue weighted by Gasteiger charge is -2.18. The van der Waals surface area contributed by atoms with E-state index in [4.69, 9.17) is 10.5 Å². The highest BCUT2D eigenvalue weighted by Gasteiger charge is 2.26. The van der Waals surface area contributed by atoms with Crippen LogP contribution < -0.4 is 5.73 Å². The SMILES string of the molecule is CCOC(=O)C[C@H](N)c1c(F)c(C)cc(-c2c(F)cccc2F)c1F. The first-order valence-corrected chi connectivity index (χ1v) is 7.62. The molecule has 0 aromatic heterocycles. The molecule has 0 bridgehead atoms. The first-order chi connectivity index (χ1) is 11.8. The van der Waals surface area contributed by atoms with Crippen molar-refractivity contribution >= 4 is 5.97 Å². The Hall–Kier alpha value is -2.41. The van der Waals surface area contributed by atoms with Crippen LogP contribution >= 0.6 is 0 Å². The first-order valence-electron chi connectivity index (χ1n) is 7.62. The fourth-order valence-electron chi connectivity index (χ4n) is 2.56. The van der Waals surface area contributed by atoms with Gasteiger partial charge in [0.15, 0.2) is 0 Å². The average molecular weight is 355 g/mol. The van der Waals surface area contributed by atoms with Gasteiger partial charge in [0.05, 0.1) is 18.6 Å². The molecule has 2 rings (SSSR count). The van der Waals surface area contributed by atoms with Gasteiger partial charge in [-0.05, 0) is 37.6 Å². The highest BCUT2D eigenvalue weighted by Crippen LogP contribution is 2.35. The minimum atomic E-state index is -1.35. The molecule has 2 aromatic carbocycles. The van der Waals surface area contributed by atoms with Crippen LogP contribution in [0.2, 0.25) is 0 Å². The van der Waals surface area contributed by atoms with E-state index in [0.717, 1.165) is 24.3 Å². The minimum absolute atomic E-state index is 0.0478. The van der Waals surface area contributed by atoms with Gasteiger partial charge < -0.3 is 10.5 Å². The highest BCUT2D eigenvalue weighted by molar-refractivity contribution is 5.72. The molecule has 1 atom stereocenters. The largest absolute Gasteiger partial charge is 0.466 e. The van der Waals surface area contributed by atoms with Gasteiger partial charge >= 0.3 is 5.97 Å². The normalized spacial score (nSPS) is 12.1. The molecule has 2 aromatic rings. The van der Waals surface area contributed by atoms with Crippen LogP contribution in [-0.4, -0.2) is 12.6 Å². The Labute approximate surface area is 142 Å². The van der Waals surface area contributed by atoms with E-state index in [1.165, 1.54) is 6.92 Å². The summed E-state index contributed by atoms with van der Waals surface area (Å²) in [6.45, 7) is 2.99. The number of carbonyl (C=O) groups is 1. The van der Waals surface area contributed by atoms with E-state index < -0.39 is 58.4 Å². The van der Waals surface area contributed by atoms with E-state index in [9.17, 15) is 22.4 Å². The first kappa shape index (κ1) is 18.9. The number of hydrogen-bond acceptors (Lipinski definition) is 3. The smallest absolute Gasteiger partial charge is 0.307 e. The third-order valence-corrected chi connectivity index (χ3v) is 3.71. The molecule has 0 saturated carbocycles. The van der Waals surface area contributed by atoms with Crippen LogP contribution in [0.1, 0.15) is 30.5 Å². The Bertz CT molecular complexity index is 788. The van der Waals surface area contributed by atoms with Crippen LogP contribution in [0, 0.1) is 30.2 Å². The molecule has 3 nitrogen and oxygen atoms in total. The summed E-state index contributed by atoms with van der Waals surface area (Å²) >= 11 is 0.